The number of benzene rings is 5. The summed E-state index contributed by atoms with van der Waals surface area (Å²) in [6.45, 7) is 5.36. The van der Waals surface area contributed by atoms with Gasteiger partial charge in [-0.05, 0) is 111 Å². The molecule has 2 heterocycles. The highest BCUT2D eigenvalue weighted by Crippen LogP contribution is 2.54. The fraction of sp³-hybridized carbons (Fsp3) is 0.308. The molecule has 81 heavy (non-hydrogen) atoms. The zero-order valence-corrected chi connectivity index (χ0v) is 47.2. The number of fused-ring (bicyclic) bond motifs is 6. The van der Waals surface area contributed by atoms with Gasteiger partial charge in [0, 0.05) is 78.2 Å². The van der Waals surface area contributed by atoms with E-state index in [1.165, 1.54) is 31.4 Å². The van der Waals surface area contributed by atoms with Crippen LogP contribution in [0.25, 0.3) is 21.5 Å². The Balaban J connectivity index is 1.26. The molecule has 2 aliphatic rings. The van der Waals surface area contributed by atoms with Crippen LogP contribution in [-0.2, 0) is 71.0 Å². The van der Waals surface area contributed by atoms with Gasteiger partial charge in [0.1, 0.15) is 47.0 Å². The van der Waals surface area contributed by atoms with Gasteiger partial charge >= 0.3 is 5.97 Å². The molecule has 1 unspecified atom stereocenters. The molecule has 5 aromatic rings. The summed E-state index contributed by atoms with van der Waals surface area (Å²) in [7, 11) is -24.8. The molecule has 0 bridgehead atoms. The van der Waals surface area contributed by atoms with Gasteiger partial charge in [0.2, 0.25) is 23.1 Å². The maximum absolute atomic E-state index is 14.2. The molecule has 2 aliphatic heterocycles. The normalized spacial score (nSPS) is 17.5. The topological polar surface area (TPSA) is 328 Å². The highest BCUT2D eigenvalue weighted by atomic mass is 32.2. The van der Waals surface area contributed by atoms with Crippen LogP contribution < -0.4 is 9.64 Å². The molecular formula is C52H48F4N2O18S5-4. The van der Waals surface area contributed by atoms with E-state index in [0.29, 0.717) is 40.5 Å². The van der Waals surface area contributed by atoms with Gasteiger partial charge in [-0.2, -0.15) is 13.4 Å². The average Bonchev–Trinajstić information content (AvgIpc) is 3.93. The first kappa shape index (κ1) is 62.4. The monoisotopic (exact) mass is 1220 g/mol. The van der Waals surface area contributed by atoms with Crippen molar-refractivity contribution >= 4 is 95.2 Å². The molecule has 0 saturated heterocycles. The van der Waals surface area contributed by atoms with Crippen molar-refractivity contribution in [1.82, 2.24) is 0 Å². The largest absolute Gasteiger partial charge is 0.748 e. The summed E-state index contributed by atoms with van der Waals surface area (Å²) in [4.78, 5) is 10.3. The number of carbonyl (C=O) groups is 1. The molecule has 0 amide bonds. The summed E-state index contributed by atoms with van der Waals surface area (Å²) in [6, 6.07) is 8.32. The number of unbranched alkanes of at least 4 members (excludes halogenated alkanes) is 2. The molecule has 29 heteroatoms. The predicted octanol–water partition coefficient (Wildman–Crippen LogP) is 7.01. The molecule has 0 fully saturated rings. The number of hydrogen-bond donors (Lipinski definition) is 0. The van der Waals surface area contributed by atoms with Crippen molar-refractivity contribution in [3.05, 3.63) is 137 Å². The zero-order valence-electron chi connectivity index (χ0n) is 43.1. The number of halogens is 4. The van der Waals surface area contributed by atoms with E-state index in [9.17, 15) is 87.2 Å². The van der Waals surface area contributed by atoms with Crippen molar-refractivity contribution in [2.24, 2.45) is 0 Å². The Kier molecular flexibility index (Phi) is 17.8. The lowest BCUT2D eigenvalue weighted by Gasteiger charge is -2.31. The smallest absolute Gasteiger partial charge is 0.311 e. The van der Waals surface area contributed by atoms with Crippen molar-refractivity contribution in [2.75, 3.05) is 37.5 Å². The molecule has 0 saturated carbocycles. The summed E-state index contributed by atoms with van der Waals surface area (Å²) in [5.74, 6) is -10.9. The van der Waals surface area contributed by atoms with Gasteiger partial charge < -0.3 is 37.1 Å². The van der Waals surface area contributed by atoms with E-state index in [1.54, 1.807) is 72.8 Å². The van der Waals surface area contributed by atoms with Crippen molar-refractivity contribution in [1.29, 1.82) is 0 Å². The van der Waals surface area contributed by atoms with E-state index in [2.05, 4.69) is 4.74 Å². The van der Waals surface area contributed by atoms with E-state index in [0.717, 1.165) is 12.1 Å². The first-order valence-corrected chi connectivity index (χ1v) is 31.4. The fourth-order valence-corrected chi connectivity index (χ4v) is 13.5. The average molecular weight is 1230 g/mol. The molecule has 0 aromatic heterocycles. The fourth-order valence-electron chi connectivity index (χ4n) is 10.4. The van der Waals surface area contributed by atoms with Crippen LogP contribution in [0.5, 0.6) is 5.75 Å². The van der Waals surface area contributed by atoms with E-state index in [4.69, 9.17) is 4.74 Å². The minimum absolute atomic E-state index is 0.0426. The second-order valence-electron chi connectivity index (χ2n) is 19.5. The Morgan fingerprint density at radius 1 is 0.642 bits per heavy atom. The van der Waals surface area contributed by atoms with Crippen LogP contribution in [0.3, 0.4) is 0 Å². The van der Waals surface area contributed by atoms with E-state index in [1.807, 2.05) is 0 Å². The Bertz CT molecular complexity index is 4160. The van der Waals surface area contributed by atoms with Gasteiger partial charge in [0.25, 0.3) is 0 Å². The molecule has 436 valence electrons. The predicted molar refractivity (Wildman–Crippen MR) is 279 cm³/mol. The van der Waals surface area contributed by atoms with E-state index in [-0.39, 0.29) is 85.0 Å². The van der Waals surface area contributed by atoms with Gasteiger partial charge in [0.05, 0.1) is 41.7 Å². The Morgan fingerprint density at radius 3 is 1.73 bits per heavy atom. The van der Waals surface area contributed by atoms with Crippen molar-refractivity contribution in [3.8, 4) is 5.75 Å². The van der Waals surface area contributed by atoms with Crippen LogP contribution in [-0.4, -0.2) is 114 Å². The first-order chi connectivity index (χ1) is 37.5. The summed E-state index contributed by atoms with van der Waals surface area (Å²) in [6.07, 6.45) is 10.9. The molecule has 1 atom stereocenters. The van der Waals surface area contributed by atoms with Gasteiger partial charge in [-0.1, -0.05) is 36.4 Å². The SMILES string of the molecule is COCCN1/C(=C/C=C/C=C/C=C/C2=[N+](CCCCCC(=O)Oc3c(F)c(F)cc(F)c3F)c3ccc4c(S(=O)(=O)[O-])cc(S(=O)(=O)[O-])cc4c3C2(C)C)C(C)(CCCS(=O)(=O)[O-])c2c1ccc1c(S(=O)(=O)[O-])cc(S(=O)(=O)[O-])cc21. The maximum Gasteiger partial charge on any atom is 0.311 e. The van der Waals surface area contributed by atoms with E-state index >= 15 is 0 Å². The summed E-state index contributed by atoms with van der Waals surface area (Å²) in [5.41, 5.74) is -0.334. The highest BCUT2D eigenvalue weighted by Gasteiger charge is 2.47. The molecule has 0 radical (unpaired) electrons. The van der Waals surface area contributed by atoms with Gasteiger partial charge in [-0.25, -0.2) is 50.9 Å². The standard InChI is InChI=1S/C52H52F4N2O18S5/c1-51(2)43(57(22-12-8-11-16-45(59)76-50-48(55)37(53)30-38(54)49(50)56)39-19-17-33-35(46(39)51)26-31(78(63,64)65)28-41(33)80(69,70)71)14-9-6-5-7-10-15-44-52(3,21-13-25-77(60,61)62)47-36-27-32(79(66,67)68)29-42(81(72,73)74)34(36)18-20-40(47)58(44)23-24-75-4/h5-7,9-10,14-15,17-20,26-30H,8,11-13,16,21-25H2,1-4H3,(H4-,60,61,62,63,64,65,66,67,68,69,70,71,72,73,74)/p-4. The lowest BCUT2D eigenvalue weighted by molar-refractivity contribution is -0.438. The summed E-state index contributed by atoms with van der Waals surface area (Å²) >= 11 is 0. The van der Waals surface area contributed by atoms with Crippen molar-refractivity contribution in [3.63, 3.8) is 0 Å². The van der Waals surface area contributed by atoms with Crippen LogP contribution in [0.15, 0.2) is 122 Å². The number of methoxy groups -OCH3 is 1. The molecule has 7 rings (SSSR count). The maximum atomic E-state index is 14.2. The Morgan fingerprint density at radius 2 is 1.19 bits per heavy atom. The third-order valence-corrected chi connectivity index (χ3v) is 18.0. The number of anilines is 1. The number of allylic oxidation sites excluding steroid dienone is 8. The Hall–Kier alpha value is -6.25. The molecule has 0 N–H and O–H groups in total. The zero-order chi connectivity index (χ0) is 60.0. The number of esters is 1. The quantitative estimate of drug-likeness (QED) is 0.00982. The number of rotatable bonds is 22. The van der Waals surface area contributed by atoms with Crippen molar-refractivity contribution < 1.29 is 101 Å². The summed E-state index contributed by atoms with van der Waals surface area (Å²) < 4.78 is 252. The lowest BCUT2D eigenvalue weighted by Crippen LogP contribution is -2.31. The molecule has 0 spiro atoms. The van der Waals surface area contributed by atoms with E-state index < -0.39 is 128 Å². The second kappa shape index (κ2) is 23.2. The number of nitrogens with zero attached hydrogens (tertiary/aromatic N) is 2. The molecule has 20 nitrogen and oxygen atoms in total. The van der Waals surface area contributed by atoms with Crippen LogP contribution >= 0.6 is 0 Å². The second-order valence-corrected chi connectivity index (χ2v) is 26.5. The minimum atomic E-state index is -5.40. The molecule has 5 aromatic carbocycles. The molecular weight excluding hydrogens is 1180 g/mol. The Labute approximate surface area is 464 Å². The first-order valence-electron chi connectivity index (χ1n) is 24.2. The minimum Gasteiger partial charge on any atom is -0.748 e. The molecule has 0 aliphatic carbocycles. The third kappa shape index (κ3) is 13.2. The number of hydrogen-bond acceptors (Lipinski definition) is 19. The van der Waals surface area contributed by atoms with Gasteiger partial charge in [-0.3, -0.25) is 4.79 Å². The highest BCUT2D eigenvalue weighted by molar-refractivity contribution is 7.87. The van der Waals surface area contributed by atoms with Crippen LogP contribution in [0, 0.1) is 23.3 Å². The van der Waals surface area contributed by atoms with Crippen LogP contribution in [0.2, 0.25) is 0 Å². The van der Waals surface area contributed by atoms with Crippen molar-refractivity contribution in [2.45, 2.75) is 89.7 Å². The summed E-state index contributed by atoms with van der Waals surface area (Å²) in [5, 5.41) is -0.570. The number of carbonyl (C=O) groups excluding carboxylic acids is 1. The third-order valence-electron chi connectivity index (χ3n) is 13.9. The van der Waals surface area contributed by atoms with Crippen LogP contribution in [0.4, 0.5) is 28.9 Å². The van der Waals surface area contributed by atoms with Crippen LogP contribution in [0.1, 0.15) is 70.4 Å². The van der Waals surface area contributed by atoms with Gasteiger partial charge in [0.15, 0.2) is 17.3 Å². The number of ether oxygens (including phenoxy) is 2. The van der Waals surface area contributed by atoms with Gasteiger partial charge in [-0.15, -0.1) is 0 Å². The lowest BCUT2D eigenvalue weighted by atomic mass is 9.75.